The second-order valence-corrected chi connectivity index (χ2v) is 5.48. The molecule has 0 unspecified atom stereocenters. The molecule has 1 aromatic carbocycles. The van der Waals surface area contributed by atoms with E-state index in [0.717, 1.165) is 0 Å². The van der Waals surface area contributed by atoms with Gasteiger partial charge in [0.25, 0.3) is 0 Å². The first-order chi connectivity index (χ1) is 11.5. The van der Waals surface area contributed by atoms with Crippen LogP contribution in [0.3, 0.4) is 0 Å². The fraction of sp³-hybridized carbons (Fsp3) is 0.333. The molecule has 0 spiro atoms. The summed E-state index contributed by atoms with van der Waals surface area (Å²) < 4.78 is 15.4. The van der Waals surface area contributed by atoms with E-state index in [2.05, 4.69) is 4.98 Å². The van der Waals surface area contributed by atoms with Crippen molar-refractivity contribution in [2.75, 3.05) is 36.0 Å². The van der Waals surface area contributed by atoms with Crippen LogP contribution in [-0.2, 0) is 7.05 Å². The highest BCUT2D eigenvalue weighted by molar-refractivity contribution is 5.62. The third kappa shape index (κ3) is 2.62. The predicted octanol–water partition coefficient (Wildman–Crippen LogP) is 1.67. The summed E-state index contributed by atoms with van der Waals surface area (Å²) in [6.07, 6.45) is 1.42. The van der Waals surface area contributed by atoms with E-state index in [1.54, 1.807) is 23.7 Å². The van der Waals surface area contributed by atoms with E-state index in [-0.39, 0.29) is 11.4 Å². The minimum Gasteiger partial charge on any atom is -0.367 e. The molecular formula is C15H15FN6O2. The first-order valence-corrected chi connectivity index (χ1v) is 7.37. The van der Waals surface area contributed by atoms with E-state index in [0.29, 0.717) is 37.7 Å². The molecule has 1 aromatic heterocycles. The van der Waals surface area contributed by atoms with E-state index >= 15 is 0 Å². The van der Waals surface area contributed by atoms with Gasteiger partial charge in [-0.2, -0.15) is 5.26 Å². The number of anilines is 2. The van der Waals surface area contributed by atoms with Crippen LogP contribution >= 0.6 is 0 Å². The zero-order valence-electron chi connectivity index (χ0n) is 13.0. The van der Waals surface area contributed by atoms with Crippen LogP contribution in [0.4, 0.5) is 21.7 Å². The van der Waals surface area contributed by atoms with Crippen molar-refractivity contribution >= 4 is 17.3 Å². The second kappa shape index (κ2) is 6.16. The van der Waals surface area contributed by atoms with Crippen LogP contribution in [-0.4, -0.2) is 40.7 Å². The Hall–Kier alpha value is -3.15. The molecule has 2 heterocycles. The lowest BCUT2D eigenvalue weighted by atomic mass is 10.1. The lowest BCUT2D eigenvalue weighted by Gasteiger charge is -2.36. The Morgan fingerprint density at radius 2 is 1.96 bits per heavy atom. The molecule has 1 fully saturated rings. The van der Waals surface area contributed by atoms with E-state index in [1.165, 1.54) is 12.4 Å². The van der Waals surface area contributed by atoms with Gasteiger partial charge in [0.15, 0.2) is 0 Å². The van der Waals surface area contributed by atoms with Gasteiger partial charge in [0.1, 0.15) is 17.4 Å². The van der Waals surface area contributed by atoms with Gasteiger partial charge in [-0.25, -0.2) is 4.39 Å². The van der Waals surface area contributed by atoms with Crippen LogP contribution < -0.4 is 9.80 Å². The first-order valence-electron chi connectivity index (χ1n) is 7.37. The number of piperazine rings is 1. The molecule has 0 N–H and O–H groups in total. The lowest BCUT2D eigenvalue weighted by Crippen LogP contribution is -2.47. The number of halogens is 1. The van der Waals surface area contributed by atoms with E-state index in [1.807, 2.05) is 15.9 Å². The normalized spacial score (nSPS) is 14.5. The fourth-order valence-corrected chi connectivity index (χ4v) is 2.95. The summed E-state index contributed by atoms with van der Waals surface area (Å²) in [4.78, 5) is 18.2. The SMILES string of the molecule is Cn1cnc([N+](=O)[O-])c1N1CCN(c2cccc(F)c2C#N)CC1. The highest BCUT2D eigenvalue weighted by Gasteiger charge is 2.29. The largest absolute Gasteiger partial charge is 0.406 e. The summed E-state index contributed by atoms with van der Waals surface area (Å²) in [5, 5.41) is 20.3. The summed E-state index contributed by atoms with van der Waals surface area (Å²) in [5.74, 6) is -0.256. The molecular weight excluding hydrogens is 315 g/mol. The number of hydrogen-bond donors (Lipinski definition) is 0. The van der Waals surface area contributed by atoms with Gasteiger partial charge >= 0.3 is 5.82 Å². The Bertz CT molecular complexity index is 820. The summed E-state index contributed by atoms with van der Waals surface area (Å²) >= 11 is 0. The molecule has 1 aliphatic heterocycles. The minimum absolute atomic E-state index is 0.0254. The molecule has 1 aliphatic rings. The molecule has 0 atom stereocenters. The molecule has 124 valence electrons. The standard InChI is InChI=1S/C15H15FN6O2/c1-19-10-18-14(22(23)24)15(19)21-7-5-20(6-8-21)13-4-2-3-12(16)11(13)9-17/h2-4,10H,5-8H2,1H3. The molecule has 1 saturated heterocycles. The number of benzene rings is 1. The molecule has 9 heteroatoms. The van der Waals surface area contributed by atoms with Crippen molar-refractivity contribution in [3.8, 4) is 6.07 Å². The number of rotatable bonds is 3. The molecule has 0 amide bonds. The predicted molar refractivity (Wildman–Crippen MR) is 85.4 cm³/mol. The van der Waals surface area contributed by atoms with Crippen LogP contribution in [0.2, 0.25) is 0 Å². The molecule has 24 heavy (non-hydrogen) atoms. The number of nitriles is 1. The average molecular weight is 330 g/mol. The summed E-state index contributed by atoms with van der Waals surface area (Å²) in [6.45, 7) is 2.09. The van der Waals surface area contributed by atoms with Crippen LogP contribution in [0.25, 0.3) is 0 Å². The van der Waals surface area contributed by atoms with Crippen LogP contribution in [0, 0.1) is 27.3 Å². The number of nitrogens with zero attached hydrogens (tertiary/aromatic N) is 6. The van der Waals surface area contributed by atoms with Crippen molar-refractivity contribution in [2.24, 2.45) is 7.05 Å². The first kappa shape index (κ1) is 15.7. The van der Waals surface area contributed by atoms with Gasteiger partial charge in [-0.15, -0.1) is 0 Å². The van der Waals surface area contributed by atoms with Crippen LogP contribution in [0.5, 0.6) is 0 Å². The van der Waals surface area contributed by atoms with E-state index in [4.69, 9.17) is 5.26 Å². The number of imidazole rings is 1. The summed E-state index contributed by atoms with van der Waals surface area (Å²) in [7, 11) is 1.71. The van der Waals surface area contributed by atoms with Crippen molar-refractivity contribution in [1.29, 1.82) is 5.26 Å². The molecule has 0 radical (unpaired) electrons. The van der Waals surface area contributed by atoms with Crippen LogP contribution in [0.15, 0.2) is 24.5 Å². The molecule has 2 aromatic rings. The monoisotopic (exact) mass is 330 g/mol. The number of nitro groups is 1. The number of aryl methyl sites for hydroxylation is 1. The van der Waals surface area contributed by atoms with Gasteiger partial charge in [0.2, 0.25) is 12.1 Å². The quantitative estimate of drug-likeness (QED) is 0.628. The van der Waals surface area contributed by atoms with E-state index in [9.17, 15) is 14.5 Å². The smallest absolute Gasteiger partial charge is 0.367 e. The third-order valence-corrected chi connectivity index (χ3v) is 4.08. The molecule has 0 saturated carbocycles. The zero-order chi connectivity index (χ0) is 17.3. The van der Waals surface area contributed by atoms with Gasteiger partial charge < -0.3 is 19.9 Å². The Labute approximate surface area is 137 Å². The Balaban J connectivity index is 1.81. The van der Waals surface area contributed by atoms with Crippen molar-refractivity contribution in [3.63, 3.8) is 0 Å². The fourth-order valence-electron chi connectivity index (χ4n) is 2.95. The van der Waals surface area contributed by atoms with Crippen molar-refractivity contribution < 1.29 is 9.31 Å². The Kier molecular flexibility index (Phi) is 4.04. The van der Waals surface area contributed by atoms with Gasteiger partial charge in [0, 0.05) is 33.2 Å². The third-order valence-electron chi connectivity index (χ3n) is 4.08. The Morgan fingerprint density at radius 3 is 2.58 bits per heavy atom. The number of aromatic nitrogens is 2. The molecule has 0 aliphatic carbocycles. The van der Waals surface area contributed by atoms with Gasteiger partial charge in [-0.1, -0.05) is 6.07 Å². The second-order valence-electron chi connectivity index (χ2n) is 5.48. The van der Waals surface area contributed by atoms with E-state index < -0.39 is 10.7 Å². The van der Waals surface area contributed by atoms with Crippen molar-refractivity contribution in [2.45, 2.75) is 0 Å². The maximum atomic E-state index is 13.8. The lowest BCUT2D eigenvalue weighted by molar-refractivity contribution is -0.388. The van der Waals surface area contributed by atoms with Crippen LogP contribution in [0.1, 0.15) is 5.56 Å². The maximum Gasteiger partial charge on any atom is 0.406 e. The average Bonchev–Trinajstić information content (AvgIpc) is 2.96. The van der Waals surface area contributed by atoms with Crippen molar-refractivity contribution in [1.82, 2.24) is 9.55 Å². The maximum absolute atomic E-state index is 13.8. The van der Waals surface area contributed by atoms with Gasteiger partial charge in [0.05, 0.1) is 5.69 Å². The summed E-state index contributed by atoms with van der Waals surface area (Å²) in [5.41, 5.74) is 0.578. The molecule has 3 rings (SSSR count). The minimum atomic E-state index is -0.542. The van der Waals surface area contributed by atoms with Gasteiger partial charge in [-0.05, 0) is 22.0 Å². The highest BCUT2D eigenvalue weighted by atomic mass is 19.1. The molecule has 0 bridgehead atoms. The topological polar surface area (TPSA) is 91.2 Å². The van der Waals surface area contributed by atoms with Gasteiger partial charge in [-0.3, -0.25) is 4.57 Å². The highest BCUT2D eigenvalue weighted by Crippen LogP contribution is 2.29. The summed E-state index contributed by atoms with van der Waals surface area (Å²) in [6, 6.07) is 6.45. The zero-order valence-corrected chi connectivity index (χ0v) is 13.0. The Morgan fingerprint density at radius 1 is 1.29 bits per heavy atom. The number of hydrogen-bond acceptors (Lipinski definition) is 6. The van der Waals surface area contributed by atoms with Crippen molar-refractivity contribution in [3.05, 3.63) is 46.0 Å². The molecule has 8 nitrogen and oxygen atoms in total.